The molecule has 1 saturated heterocycles. The van der Waals surface area contributed by atoms with Gasteiger partial charge in [-0.25, -0.2) is 0 Å². The third-order valence-electron chi connectivity index (χ3n) is 3.41. The fourth-order valence-electron chi connectivity index (χ4n) is 2.38. The quantitative estimate of drug-likeness (QED) is 0.664. The fraction of sp³-hybridized carbons (Fsp3) is 0.818. The van der Waals surface area contributed by atoms with E-state index in [0.717, 1.165) is 32.2 Å². The van der Waals surface area contributed by atoms with Crippen LogP contribution in [0.15, 0.2) is 0 Å². The standard InChI is InChI=1S/C11H16N2O/c1-13-6-2-3-9(11(13)14)10(7-12)8-4-5-8/h8-10H,2-6H2,1H3. The molecular formula is C11H16N2O. The summed E-state index contributed by atoms with van der Waals surface area (Å²) in [5, 5.41) is 9.07. The molecule has 14 heavy (non-hydrogen) atoms. The lowest BCUT2D eigenvalue weighted by molar-refractivity contribution is -0.138. The van der Waals surface area contributed by atoms with Crippen LogP contribution >= 0.6 is 0 Å². The van der Waals surface area contributed by atoms with Gasteiger partial charge in [0.15, 0.2) is 0 Å². The largest absolute Gasteiger partial charge is 0.345 e. The summed E-state index contributed by atoms with van der Waals surface area (Å²) in [5.74, 6) is 0.687. The predicted molar refractivity (Wildman–Crippen MR) is 52.2 cm³/mol. The number of amides is 1. The normalized spacial score (nSPS) is 29.9. The molecule has 1 aliphatic carbocycles. The zero-order chi connectivity index (χ0) is 10.1. The Morgan fingerprint density at radius 3 is 2.79 bits per heavy atom. The Kier molecular flexibility index (Phi) is 2.45. The number of carbonyl (C=O) groups excluding carboxylic acids is 1. The molecule has 0 spiro atoms. The molecule has 0 bridgehead atoms. The van der Waals surface area contributed by atoms with Gasteiger partial charge in [-0.2, -0.15) is 5.26 Å². The van der Waals surface area contributed by atoms with Gasteiger partial charge >= 0.3 is 0 Å². The van der Waals surface area contributed by atoms with Gasteiger partial charge in [-0.15, -0.1) is 0 Å². The predicted octanol–water partition coefficient (Wildman–Crippen LogP) is 1.40. The van der Waals surface area contributed by atoms with Crippen molar-refractivity contribution in [2.75, 3.05) is 13.6 Å². The number of nitrogens with zero attached hydrogens (tertiary/aromatic N) is 2. The van der Waals surface area contributed by atoms with Crippen LogP contribution in [0.3, 0.4) is 0 Å². The van der Waals surface area contributed by atoms with Gasteiger partial charge in [0.25, 0.3) is 0 Å². The minimum Gasteiger partial charge on any atom is -0.345 e. The average Bonchev–Trinajstić information content (AvgIpc) is 2.97. The van der Waals surface area contributed by atoms with Crippen LogP contribution in [0.25, 0.3) is 0 Å². The molecule has 1 saturated carbocycles. The van der Waals surface area contributed by atoms with Gasteiger partial charge in [-0.3, -0.25) is 4.79 Å². The Morgan fingerprint density at radius 2 is 2.21 bits per heavy atom. The second-order valence-corrected chi connectivity index (χ2v) is 4.50. The van der Waals surface area contributed by atoms with E-state index in [1.807, 2.05) is 7.05 Å². The minimum atomic E-state index is -0.00903. The van der Waals surface area contributed by atoms with Crippen LogP contribution in [0.4, 0.5) is 0 Å². The molecule has 2 fully saturated rings. The van der Waals surface area contributed by atoms with Crippen molar-refractivity contribution in [1.29, 1.82) is 5.26 Å². The Labute approximate surface area is 84.7 Å². The molecule has 3 heteroatoms. The van der Waals surface area contributed by atoms with Gasteiger partial charge in [0, 0.05) is 13.6 Å². The van der Waals surface area contributed by atoms with Gasteiger partial charge in [-0.05, 0) is 31.6 Å². The van der Waals surface area contributed by atoms with Crippen molar-refractivity contribution in [2.24, 2.45) is 17.8 Å². The Morgan fingerprint density at radius 1 is 1.50 bits per heavy atom. The van der Waals surface area contributed by atoms with Crippen LogP contribution in [-0.2, 0) is 4.79 Å². The molecule has 0 radical (unpaired) electrons. The molecule has 3 nitrogen and oxygen atoms in total. The fourth-order valence-corrected chi connectivity index (χ4v) is 2.38. The molecule has 2 rings (SSSR count). The molecule has 0 aromatic rings. The smallest absolute Gasteiger partial charge is 0.226 e. The number of piperidine rings is 1. The first-order valence-electron chi connectivity index (χ1n) is 5.38. The highest BCUT2D eigenvalue weighted by molar-refractivity contribution is 5.80. The second-order valence-electron chi connectivity index (χ2n) is 4.50. The van der Waals surface area contributed by atoms with Gasteiger partial charge in [-0.1, -0.05) is 0 Å². The summed E-state index contributed by atoms with van der Waals surface area (Å²) in [4.78, 5) is 13.6. The Balaban J connectivity index is 2.07. The maximum absolute atomic E-state index is 11.8. The van der Waals surface area contributed by atoms with Crippen LogP contribution in [0.5, 0.6) is 0 Å². The molecule has 76 valence electrons. The van der Waals surface area contributed by atoms with Crippen LogP contribution in [0.1, 0.15) is 25.7 Å². The lowest BCUT2D eigenvalue weighted by atomic mass is 9.83. The van der Waals surface area contributed by atoms with Gasteiger partial charge in [0.1, 0.15) is 0 Å². The molecule has 2 atom stereocenters. The van der Waals surface area contributed by atoms with E-state index in [1.165, 1.54) is 0 Å². The van der Waals surface area contributed by atoms with Crippen molar-refractivity contribution in [3.63, 3.8) is 0 Å². The summed E-state index contributed by atoms with van der Waals surface area (Å²) in [7, 11) is 1.84. The maximum Gasteiger partial charge on any atom is 0.226 e. The van der Waals surface area contributed by atoms with E-state index in [9.17, 15) is 4.79 Å². The molecule has 1 aliphatic heterocycles. The van der Waals surface area contributed by atoms with Gasteiger partial charge in [0.2, 0.25) is 5.91 Å². The van der Waals surface area contributed by atoms with E-state index in [-0.39, 0.29) is 17.7 Å². The Hall–Kier alpha value is -1.04. The average molecular weight is 192 g/mol. The highest BCUT2D eigenvalue weighted by Crippen LogP contribution is 2.42. The maximum atomic E-state index is 11.8. The molecule has 1 amide bonds. The van der Waals surface area contributed by atoms with E-state index in [2.05, 4.69) is 6.07 Å². The van der Waals surface area contributed by atoms with Crippen molar-refractivity contribution >= 4 is 5.91 Å². The van der Waals surface area contributed by atoms with E-state index < -0.39 is 0 Å². The monoisotopic (exact) mass is 192 g/mol. The Bertz CT molecular complexity index is 278. The molecule has 0 N–H and O–H groups in total. The number of likely N-dealkylation sites (tertiary alicyclic amines) is 1. The first-order chi connectivity index (χ1) is 6.74. The number of carbonyl (C=O) groups is 1. The zero-order valence-corrected chi connectivity index (χ0v) is 8.57. The van der Waals surface area contributed by atoms with Crippen molar-refractivity contribution in [3.05, 3.63) is 0 Å². The first kappa shape index (κ1) is 9.51. The van der Waals surface area contributed by atoms with Gasteiger partial charge < -0.3 is 4.90 Å². The third kappa shape index (κ3) is 1.61. The number of rotatable bonds is 2. The summed E-state index contributed by atoms with van der Waals surface area (Å²) in [5.41, 5.74) is 0. The van der Waals surface area contributed by atoms with Crippen LogP contribution in [0.2, 0.25) is 0 Å². The second kappa shape index (κ2) is 3.61. The van der Waals surface area contributed by atoms with Gasteiger partial charge in [0.05, 0.1) is 17.9 Å². The summed E-state index contributed by atoms with van der Waals surface area (Å²) in [6.45, 7) is 0.859. The third-order valence-corrected chi connectivity index (χ3v) is 3.41. The summed E-state index contributed by atoms with van der Waals surface area (Å²) in [6, 6.07) is 2.34. The minimum absolute atomic E-state index is 0.00810. The SMILES string of the molecule is CN1CCCC(C(C#N)C2CC2)C1=O. The lowest BCUT2D eigenvalue weighted by Gasteiger charge is -2.31. The molecule has 1 heterocycles. The van der Waals surface area contributed by atoms with Crippen molar-refractivity contribution in [2.45, 2.75) is 25.7 Å². The van der Waals surface area contributed by atoms with Crippen LogP contribution < -0.4 is 0 Å². The molecule has 2 unspecified atom stereocenters. The topological polar surface area (TPSA) is 44.1 Å². The van der Waals surface area contributed by atoms with E-state index in [4.69, 9.17) is 5.26 Å². The van der Waals surface area contributed by atoms with E-state index in [0.29, 0.717) is 5.92 Å². The van der Waals surface area contributed by atoms with E-state index in [1.54, 1.807) is 4.90 Å². The zero-order valence-electron chi connectivity index (χ0n) is 8.57. The number of hydrogen-bond acceptors (Lipinski definition) is 2. The molecule has 2 aliphatic rings. The molecule has 0 aromatic heterocycles. The van der Waals surface area contributed by atoms with Crippen molar-refractivity contribution in [3.8, 4) is 6.07 Å². The van der Waals surface area contributed by atoms with Crippen molar-refractivity contribution < 1.29 is 4.79 Å². The summed E-state index contributed by atoms with van der Waals surface area (Å²) in [6.07, 6.45) is 4.26. The van der Waals surface area contributed by atoms with Crippen molar-refractivity contribution in [1.82, 2.24) is 4.90 Å². The summed E-state index contributed by atoms with van der Waals surface area (Å²) >= 11 is 0. The molecule has 0 aromatic carbocycles. The van der Waals surface area contributed by atoms with Crippen LogP contribution in [0, 0.1) is 29.1 Å². The highest BCUT2D eigenvalue weighted by Gasteiger charge is 2.41. The highest BCUT2D eigenvalue weighted by atomic mass is 16.2. The lowest BCUT2D eigenvalue weighted by Crippen LogP contribution is -2.41. The van der Waals surface area contributed by atoms with E-state index >= 15 is 0 Å². The molecular weight excluding hydrogens is 176 g/mol. The summed E-state index contributed by atoms with van der Waals surface area (Å²) < 4.78 is 0. The number of nitriles is 1. The van der Waals surface area contributed by atoms with Crippen LogP contribution in [-0.4, -0.2) is 24.4 Å². The number of hydrogen-bond donors (Lipinski definition) is 0. The first-order valence-corrected chi connectivity index (χ1v) is 5.38.